The molecule has 2 rings (SSSR count). The molecule has 2 fully saturated rings. The summed E-state index contributed by atoms with van der Waals surface area (Å²) in [5, 5.41) is 3.48. The minimum absolute atomic E-state index is 0.446. The summed E-state index contributed by atoms with van der Waals surface area (Å²) in [7, 11) is 0. The van der Waals surface area contributed by atoms with E-state index in [1.165, 1.54) is 32.1 Å². The van der Waals surface area contributed by atoms with Gasteiger partial charge in [0.1, 0.15) is 0 Å². The van der Waals surface area contributed by atoms with Crippen LogP contribution in [-0.4, -0.2) is 31.3 Å². The van der Waals surface area contributed by atoms with Crippen molar-refractivity contribution >= 4 is 0 Å². The number of nitrogens with one attached hydrogen (secondary N) is 1. The Morgan fingerprint density at radius 2 is 1.87 bits per heavy atom. The summed E-state index contributed by atoms with van der Waals surface area (Å²) < 4.78 is 5.84. The van der Waals surface area contributed by atoms with E-state index in [4.69, 9.17) is 10.5 Å². The molecule has 15 heavy (non-hydrogen) atoms. The highest BCUT2D eigenvalue weighted by Crippen LogP contribution is 2.20. The standard InChI is InChI=1S/C12H24N2O/c13-10-8-11(9-10)14-6-7-15-12-4-2-1-3-5-12/h10-12,14H,1-9,13H2. The minimum atomic E-state index is 0.446. The lowest BCUT2D eigenvalue weighted by Crippen LogP contribution is -2.49. The van der Waals surface area contributed by atoms with Crippen LogP contribution >= 0.6 is 0 Å². The zero-order valence-corrected chi connectivity index (χ0v) is 9.58. The molecule has 3 heteroatoms. The van der Waals surface area contributed by atoms with Gasteiger partial charge in [0.05, 0.1) is 12.7 Å². The molecular weight excluding hydrogens is 188 g/mol. The van der Waals surface area contributed by atoms with Gasteiger partial charge in [-0.15, -0.1) is 0 Å². The van der Waals surface area contributed by atoms with Gasteiger partial charge in [-0.25, -0.2) is 0 Å². The second-order valence-electron chi connectivity index (χ2n) is 5.01. The lowest BCUT2D eigenvalue weighted by molar-refractivity contribution is 0.0280. The van der Waals surface area contributed by atoms with Gasteiger partial charge in [-0.05, 0) is 25.7 Å². The Hall–Kier alpha value is -0.120. The maximum Gasteiger partial charge on any atom is 0.0594 e. The van der Waals surface area contributed by atoms with Crippen molar-refractivity contribution in [2.24, 2.45) is 5.73 Å². The van der Waals surface area contributed by atoms with Gasteiger partial charge in [0, 0.05) is 18.6 Å². The zero-order chi connectivity index (χ0) is 10.5. The van der Waals surface area contributed by atoms with Crippen LogP contribution in [0.15, 0.2) is 0 Å². The van der Waals surface area contributed by atoms with Gasteiger partial charge in [0.2, 0.25) is 0 Å². The Bertz CT molecular complexity index is 174. The minimum Gasteiger partial charge on any atom is -0.377 e. The third-order valence-corrected chi connectivity index (χ3v) is 3.62. The Balaban J connectivity index is 1.44. The Morgan fingerprint density at radius 1 is 1.13 bits per heavy atom. The van der Waals surface area contributed by atoms with E-state index in [9.17, 15) is 0 Å². The molecule has 2 saturated carbocycles. The van der Waals surface area contributed by atoms with Gasteiger partial charge < -0.3 is 15.8 Å². The topological polar surface area (TPSA) is 47.3 Å². The number of hydrogen-bond acceptors (Lipinski definition) is 3. The van der Waals surface area contributed by atoms with Crippen LogP contribution in [0.25, 0.3) is 0 Å². The second-order valence-corrected chi connectivity index (χ2v) is 5.01. The molecule has 0 bridgehead atoms. The van der Waals surface area contributed by atoms with Crippen LogP contribution in [0.3, 0.4) is 0 Å². The molecule has 0 saturated heterocycles. The van der Waals surface area contributed by atoms with Gasteiger partial charge in [-0.3, -0.25) is 0 Å². The summed E-state index contributed by atoms with van der Waals surface area (Å²) >= 11 is 0. The molecule has 2 aliphatic carbocycles. The highest BCUT2D eigenvalue weighted by molar-refractivity contribution is 4.87. The van der Waals surface area contributed by atoms with E-state index in [2.05, 4.69) is 5.32 Å². The van der Waals surface area contributed by atoms with Crippen LogP contribution in [0.4, 0.5) is 0 Å². The molecule has 0 spiro atoms. The molecule has 0 amide bonds. The van der Waals surface area contributed by atoms with E-state index >= 15 is 0 Å². The van der Waals surface area contributed by atoms with E-state index < -0.39 is 0 Å². The van der Waals surface area contributed by atoms with Crippen molar-refractivity contribution in [1.82, 2.24) is 5.32 Å². The smallest absolute Gasteiger partial charge is 0.0594 e. The summed E-state index contributed by atoms with van der Waals surface area (Å²) in [5.41, 5.74) is 5.72. The second kappa shape index (κ2) is 5.83. The first-order chi connectivity index (χ1) is 7.34. The first-order valence-corrected chi connectivity index (χ1v) is 6.45. The number of nitrogens with two attached hydrogens (primary N) is 1. The summed E-state index contributed by atoms with van der Waals surface area (Å²) in [6.45, 7) is 1.87. The number of hydrogen-bond donors (Lipinski definition) is 2. The summed E-state index contributed by atoms with van der Waals surface area (Å²) in [6, 6.07) is 1.11. The summed E-state index contributed by atoms with van der Waals surface area (Å²) in [6.07, 6.45) is 9.49. The zero-order valence-electron chi connectivity index (χ0n) is 9.58. The molecule has 0 aromatic heterocycles. The van der Waals surface area contributed by atoms with Crippen molar-refractivity contribution in [3.8, 4) is 0 Å². The molecule has 0 radical (unpaired) electrons. The third-order valence-electron chi connectivity index (χ3n) is 3.62. The fraction of sp³-hybridized carbons (Fsp3) is 1.00. The van der Waals surface area contributed by atoms with E-state index in [1.54, 1.807) is 0 Å². The Morgan fingerprint density at radius 3 is 2.53 bits per heavy atom. The van der Waals surface area contributed by atoms with Crippen LogP contribution in [0, 0.1) is 0 Å². The Labute approximate surface area is 92.7 Å². The molecule has 0 heterocycles. The summed E-state index contributed by atoms with van der Waals surface area (Å²) in [5.74, 6) is 0. The van der Waals surface area contributed by atoms with Crippen molar-refractivity contribution in [1.29, 1.82) is 0 Å². The molecule has 88 valence electrons. The monoisotopic (exact) mass is 212 g/mol. The van der Waals surface area contributed by atoms with E-state index in [-0.39, 0.29) is 0 Å². The highest BCUT2D eigenvalue weighted by Gasteiger charge is 2.24. The molecule has 0 atom stereocenters. The average Bonchev–Trinajstić information content (AvgIpc) is 2.23. The molecule has 3 N–H and O–H groups in total. The molecule has 2 aliphatic rings. The number of ether oxygens (including phenoxy) is 1. The van der Waals surface area contributed by atoms with Gasteiger partial charge >= 0.3 is 0 Å². The fourth-order valence-corrected chi connectivity index (χ4v) is 2.55. The van der Waals surface area contributed by atoms with Crippen LogP contribution in [0.1, 0.15) is 44.9 Å². The lowest BCUT2D eigenvalue weighted by atomic mass is 9.88. The first kappa shape index (κ1) is 11.4. The summed E-state index contributed by atoms with van der Waals surface area (Å²) in [4.78, 5) is 0. The first-order valence-electron chi connectivity index (χ1n) is 6.45. The fourth-order valence-electron chi connectivity index (χ4n) is 2.55. The normalized spacial score (nSPS) is 32.6. The highest BCUT2D eigenvalue weighted by atomic mass is 16.5. The maximum absolute atomic E-state index is 5.84. The average molecular weight is 212 g/mol. The molecule has 3 nitrogen and oxygen atoms in total. The van der Waals surface area contributed by atoms with Crippen molar-refractivity contribution < 1.29 is 4.74 Å². The van der Waals surface area contributed by atoms with Crippen LogP contribution in [0.5, 0.6) is 0 Å². The molecule has 0 aromatic rings. The van der Waals surface area contributed by atoms with Gasteiger partial charge in [-0.1, -0.05) is 19.3 Å². The van der Waals surface area contributed by atoms with E-state index in [0.29, 0.717) is 18.2 Å². The third kappa shape index (κ3) is 3.74. The molecule has 0 unspecified atom stereocenters. The maximum atomic E-state index is 5.84. The predicted octanol–water partition coefficient (Wildman–Crippen LogP) is 1.41. The quantitative estimate of drug-likeness (QED) is 0.677. The van der Waals surface area contributed by atoms with Gasteiger partial charge in [0.25, 0.3) is 0 Å². The van der Waals surface area contributed by atoms with E-state index in [0.717, 1.165) is 26.0 Å². The van der Waals surface area contributed by atoms with Crippen molar-refractivity contribution in [2.45, 2.75) is 63.1 Å². The largest absolute Gasteiger partial charge is 0.377 e. The van der Waals surface area contributed by atoms with Gasteiger partial charge in [-0.2, -0.15) is 0 Å². The van der Waals surface area contributed by atoms with Crippen LogP contribution in [-0.2, 0) is 4.74 Å². The molecular formula is C12H24N2O. The number of rotatable bonds is 5. The predicted molar refractivity (Wildman–Crippen MR) is 61.8 cm³/mol. The lowest BCUT2D eigenvalue weighted by Gasteiger charge is -2.33. The van der Waals surface area contributed by atoms with Crippen LogP contribution < -0.4 is 11.1 Å². The van der Waals surface area contributed by atoms with Crippen molar-refractivity contribution in [3.05, 3.63) is 0 Å². The van der Waals surface area contributed by atoms with Crippen LogP contribution in [0.2, 0.25) is 0 Å². The molecule has 0 aromatic carbocycles. The SMILES string of the molecule is NC1CC(NCCOC2CCCCC2)C1. The van der Waals surface area contributed by atoms with Crippen molar-refractivity contribution in [3.63, 3.8) is 0 Å². The molecule has 0 aliphatic heterocycles. The van der Waals surface area contributed by atoms with E-state index in [1.807, 2.05) is 0 Å². The van der Waals surface area contributed by atoms with Gasteiger partial charge in [0.15, 0.2) is 0 Å². The Kier molecular flexibility index (Phi) is 4.42. The van der Waals surface area contributed by atoms with Crippen molar-refractivity contribution in [2.75, 3.05) is 13.2 Å².